The highest BCUT2D eigenvalue weighted by Crippen LogP contribution is 2.31. The molecule has 0 radical (unpaired) electrons. The smallest absolute Gasteiger partial charge is 0.410 e. The fourth-order valence-electron chi connectivity index (χ4n) is 2.75. The molecule has 0 aliphatic carbocycles. The molecule has 1 aromatic rings. The Kier molecular flexibility index (Phi) is 5.51. The summed E-state index contributed by atoms with van der Waals surface area (Å²) in [6.07, 6.45) is 1.36. The van der Waals surface area contributed by atoms with Crippen LogP contribution in [-0.4, -0.2) is 35.3 Å². The maximum atomic E-state index is 12.2. The van der Waals surface area contributed by atoms with Gasteiger partial charge in [0.05, 0.1) is 30.4 Å². The molecule has 24 heavy (non-hydrogen) atoms. The van der Waals surface area contributed by atoms with Crippen LogP contribution in [0.3, 0.4) is 0 Å². The maximum absolute atomic E-state index is 12.2. The van der Waals surface area contributed by atoms with Gasteiger partial charge in [-0.15, -0.1) is 0 Å². The van der Waals surface area contributed by atoms with Gasteiger partial charge in [0.1, 0.15) is 5.60 Å². The number of nitriles is 1. The van der Waals surface area contributed by atoms with Crippen molar-refractivity contribution in [3.8, 4) is 6.07 Å². The Balaban J connectivity index is 1.95. The van der Waals surface area contributed by atoms with Crippen LogP contribution in [0.25, 0.3) is 0 Å². The third-order valence-electron chi connectivity index (χ3n) is 4.24. The summed E-state index contributed by atoms with van der Waals surface area (Å²) < 4.78 is 11.6. The molecule has 0 bridgehead atoms. The highest BCUT2D eigenvalue weighted by molar-refractivity contribution is 5.68. The normalized spacial score (nSPS) is 20.7. The molecule has 2 rings (SSSR count). The monoisotopic (exact) mass is 330 g/mol. The first kappa shape index (κ1) is 18.3. The van der Waals surface area contributed by atoms with Crippen LogP contribution >= 0.6 is 0 Å². The lowest BCUT2D eigenvalue weighted by molar-refractivity contribution is -0.0527. The van der Waals surface area contributed by atoms with Crippen molar-refractivity contribution in [2.45, 2.75) is 58.3 Å². The van der Waals surface area contributed by atoms with E-state index in [-0.39, 0.29) is 11.7 Å². The fourth-order valence-corrected chi connectivity index (χ4v) is 2.75. The molecule has 1 heterocycles. The summed E-state index contributed by atoms with van der Waals surface area (Å²) in [5, 5.41) is 8.84. The van der Waals surface area contributed by atoms with Gasteiger partial charge in [-0.3, -0.25) is 0 Å². The number of hydrogen-bond donors (Lipinski definition) is 0. The molecule has 130 valence electrons. The molecule has 1 unspecified atom stereocenters. The lowest BCUT2D eigenvalue weighted by Crippen LogP contribution is -2.40. The lowest BCUT2D eigenvalue weighted by atomic mass is 9.99. The number of amides is 1. The number of benzene rings is 1. The molecule has 1 saturated heterocycles. The Hall–Kier alpha value is -2.06. The molecule has 5 nitrogen and oxygen atoms in total. The van der Waals surface area contributed by atoms with Gasteiger partial charge < -0.3 is 14.4 Å². The summed E-state index contributed by atoms with van der Waals surface area (Å²) in [7, 11) is 0. The first-order chi connectivity index (χ1) is 11.3. The predicted octanol–water partition coefficient (Wildman–Crippen LogP) is 3.86. The highest BCUT2D eigenvalue weighted by Gasteiger charge is 2.40. The van der Waals surface area contributed by atoms with Crippen LogP contribution in [0.4, 0.5) is 4.79 Å². The lowest BCUT2D eigenvalue weighted by Gasteiger charge is -2.29. The largest absolute Gasteiger partial charge is 0.444 e. The van der Waals surface area contributed by atoms with Crippen LogP contribution in [-0.2, 0) is 16.1 Å². The van der Waals surface area contributed by atoms with E-state index >= 15 is 0 Å². The third-order valence-corrected chi connectivity index (χ3v) is 4.24. The Morgan fingerprint density at radius 1 is 1.33 bits per heavy atom. The SMILES string of the molecule is CCC1(OCc2ccc(C#N)cc2)CCN(C(=O)OC(C)(C)C)C1. The van der Waals surface area contributed by atoms with E-state index in [1.165, 1.54) is 0 Å². The first-order valence-corrected chi connectivity index (χ1v) is 8.38. The van der Waals surface area contributed by atoms with Crippen molar-refractivity contribution in [2.75, 3.05) is 13.1 Å². The van der Waals surface area contributed by atoms with E-state index in [1.807, 2.05) is 32.9 Å². The zero-order chi connectivity index (χ0) is 17.8. The van der Waals surface area contributed by atoms with E-state index in [0.29, 0.717) is 25.3 Å². The first-order valence-electron chi connectivity index (χ1n) is 8.38. The Bertz CT molecular complexity index is 613. The van der Waals surface area contributed by atoms with E-state index in [4.69, 9.17) is 14.7 Å². The molecule has 1 aromatic carbocycles. The summed E-state index contributed by atoms with van der Waals surface area (Å²) >= 11 is 0. The standard InChI is InChI=1S/C19H26N2O3/c1-5-19(23-13-16-8-6-15(12-20)7-9-16)10-11-21(14-19)17(22)24-18(2,3)4/h6-9H,5,10-11,13-14H2,1-4H3. The fraction of sp³-hybridized carbons (Fsp3) is 0.579. The van der Waals surface area contributed by atoms with Gasteiger partial charge in [0.2, 0.25) is 0 Å². The Labute approximate surface area is 144 Å². The number of rotatable bonds is 4. The van der Waals surface area contributed by atoms with E-state index in [9.17, 15) is 4.79 Å². The van der Waals surface area contributed by atoms with Crippen molar-refractivity contribution in [3.05, 3.63) is 35.4 Å². The maximum Gasteiger partial charge on any atom is 0.410 e. The number of carbonyl (C=O) groups excluding carboxylic acids is 1. The van der Waals surface area contributed by atoms with Crippen molar-refractivity contribution in [1.82, 2.24) is 4.90 Å². The van der Waals surface area contributed by atoms with E-state index in [1.54, 1.807) is 17.0 Å². The molecule has 1 atom stereocenters. The summed E-state index contributed by atoms with van der Waals surface area (Å²) in [5.74, 6) is 0. The molecule has 0 aromatic heterocycles. The number of likely N-dealkylation sites (tertiary alicyclic amines) is 1. The van der Waals surface area contributed by atoms with Crippen molar-refractivity contribution in [2.24, 2.45) is 0 Å². The van der Waals surface area contributed by atoms with Crippen LogP contribution in [0, 0.1) is 11.3 Å². The predicted molar refractivity (Wildman–Crippen MR) is 91.4 cm³/mol. The molecule has 5 heteroatoms. The zero-order valence-corrected chi connectivity index (χ0v) is 15.0. The molecule has 1 aliphatic heterocycles. The van der Waals surface area contributed by atoms with E-state index < -0.39 is 5.60 Å². The van der Waals surface area contributed by atoms with Crippen LogP contribution in [0.1, 0.15) is 51.7 Å². The minimum Gasteiger partial charge on any atom is -0.444 e. The minimum atomic E-state index is -0.488. The summed E-state index contributed by atoms with van der Waals surface area (Å²) in [6.45, 7) is 9.37. The van der Waals surface area contributed by atoms with Gasteiger partial charge >= 0.3 is 6.09 Å². The minimum absolute atomic E-state index is 0.278. The Morgan fingerprint density at radius 2 is 2.00 bits per heavy atom. The summed E-state index contributed by atoms with van der Waals surface area (Å²) in [4.78, 5) is 14.0. The van der Waals surface area contributed by atoms with Crippen molar-refractivity contribution >= 4 is 6.09 Å². The van der Waals surface area contributed by atoms with Crippen molar-refractivity contribution < 1.29 is 14.3 Å². The Morgan fingerprint density at radius 3 is 2.54 bits per heavy atom. The van der Waals surface area contributed by atoms with Crippen LogP contribution in [0.2, 0.25) is 0 Å². The van der Waals surface area contributed by atoms with Gasteiger partial charge in [-0.25, -0.2) is 4.79 Å². The van der Waals surface area contributed by atoms with Crippen LogP contribution in [0.15, 0.2) is 24.3 Å². The number of nitrogens with zero attached hydrogens (tertiary/aromatic N) is 2. The van der Waals surface area contributed by atoms with E-state index in [2.05, 4.69) is 13.0 Å². The molecule has 1 amide bonds. The van der Waals surface area contributed by atoms with Gasteiger partial charge in [0.25, 0.3) is 0 Å². The van der Waals surface area contributed by atoms with Crippen LogP contribution in [0.5, 0.6) is 0 Å². The van der Waals surface area contributed by atoms with Gasteiger partial charge in [-0.2, -0.15) is 5.26 Å². The highest BCUT2D eigenvalue weighted by atomic mass is 16.6. The molecule has 0 saturated carbocycles. The number of ether oxygens (including phenoxy) is 2. The second kappa shape index (κ2) is 7.23. The van der Waals surface area contributed by atoms with Gasteiger partial charge in [-0.1, -0.05) is 19.1 Å². The molecular weight excluding hydrogens is 304 g/mol. The molecule has 1 fully saturated rings. The van der Waals surface area contributed by atoms with Gasteiger partial charge in [0, 0.05) is 6.54 Å². The van der Waals surface area contributed by atoms with E-state index in [0.717, 1.165) is 18.4 Å². The average Bonchev–Trinajstić information content (AvgIpc) is 2.97. The molecule has 0 N–H and O–H groups in total. The zero-order valence-electron chi connectivity index (χ0n) is 15.0. The quantitative estimate of drug-likeness (QED) is 0.841. The number of carbonyl (C=O) groups is 1. The summed E-state index contributed by atoms with van der Waals surface area (Å²) in [6, 6.07) is 9.50. The van der Waals surface area contributed by atoms with Crippen molar-refractivity contribution in [1.29, 1.82) is 5.26 Å². The topological polar surface area (TPSA) is 62.6 Å². The molecule has 1 aliphatic rings. The van der Waals surface area contributed by atoms with Crippen LogP contribution < -0.4 is 0 Å². The summed E-state index contributed by atoms with van der Waals surface area (Å²) in [5.41, 5.74) is 0.848. The van der Waals surface area contributed by atoms with Crippen molar-refractivity contribution in [3.63, 3.8) is 0 Å². The second-order valence-electron chi connectivity index (χ2n) is 7.29. The molecular formula is C19H26N2O3. The average molecular weight is 330 g/mol. The second-order valence-corrected chi connectivity index (χ2v) is 7.29. The third kappa shape index (κ3) is 4.72. The van der Waals surface area contributed by atoms with Gasteiger partial charge in [0.15, 0.2) is 0 Å². The molecule has 0 spiro atoms. The number of hydrogen-bond acceptors (Lipinski definition) is 4. The van der Waals surface area contributed by atoms with Gasteiger partial charge in [-0.05, 0) is 51.3 Å².